The third-order valence-corrected chi connectivity index (χ3v) is 2.46. The molecule has 0 radical (unpaired) electrons. The highest BCUT2D eigenvalue weighted by atomic mass is 17.5. The minimum absolute atomic E-state index is 0.169. The second-order valence-corrected chi connectivity index (χ2v) is 5.13. The zero-order valence-electron chi connectivity index (χ0n) is 12.3. The van der Waals surface area contributed by atoms with Gasteiger partial charge in [-0.15, -0.1) is 0 Å². The van der Waals surface area contributed by atoms with Crippen molar-refractivity contribution in [1.29, 1.82) is 0 Å². The Hall–Kier alpha value is -1.40. The maximum atomic E-state index is 11.2. The van der Waals surface area contributed by atoms with Crippen LogP contribution in [0.3, 0.4) is 0 Å². The quantitative estimate of drug-likeness (QED) is 0.307. The third-order valence-electron chi connectivity index (χ3n) is 2.46. The maximum absolute atomic E-state index is 11.2. The molecule has 0 unspecified atom stereocenters. The highest BCUT2D eigenvalue weighted by molar-refractivity contribution is 5.91. The monoisotopic (exact) mass is 274 g/mol. The average Bonchev–Trinajstić information content (AvgIpc) is 2.25. The highest BCUT2D eigenvalue weighted by Crippen LogP contribution is 2.20. The molecule has 0 saturated heterocycles. The van der Waals surface area contributed by atoms with Crippen LogP contribution < -0.4 is 0 Å². The standard InChI is InChI=1S/C13H22O6/c1-9(2)13(5,6)18-19-17-12(15)8-7-11(14)16-10(3)4/h7-10H,1-6H3. The first-order valence-electron chi connectivity index (χ1n) is 6.10. The molecule has 6 nitrogen and oxygen atoms in total. The van der Waals surface area contributed by atoms with Gasteiger partial charge in [0.05, 0.1) is 6.10 Å². The zero-order chi connectivity index (χ0) is 15.1. The van der Waals surface area contributed by atoms with Crippen molar-refractivity contribution >= 4 is 11.9 Å². The van der Waals surface area contributed by atoms with Crippen molar-refractivity contribution in [3.05, 3.63) is 12.2 Å². The molecule has 0 fully saturated rings. The Balaban J connectivity index is 4.00. The van der Waals surface area contributed by atoms with Crippen LogP contribution in [0.5, 0.6) is 0 Å². The van der Waals surface area contributed by atoms with Crippen LogP contribution in [0.2, 0.25) is 0 Å². The van der Waals surface area contributed by atoms with E-state index in [1.807, 2.05) is 13.8 Å². The Morgan fingerprint density at radius 1 is 1.00 bits per heavy atom. The van der Waals surface area contributed by atoms with Crippen LogP contribution in [-0.4, -0.2) is 23.6 Å². The van der Waals surface area contributed by atoms with Crippen molar-refractivity contribution in [2.75, 3.05) is 0 Å². The molecule has 0 aromatic rings. The van der Waals surface area contributed by atoms with Crippen LogP contribution in [0.25, 0.3) is 0 Å². The molecule has 0 rings (SSSR count). The molecule has 0 amide bonds. The van der Waals surface area contributed by atoms with E-state index < -0.39 is 17.5 Å². The Morgan fingerprint density at radius 3 is 2.00 bits per heavy atom. The summed E-state index contributed by atoms with van der Waals surface area (Å²) in [6.07, 6.45) is 1.61. The van der Waals surface area contributed by atoms with Gasteiger partial charge in [0.15, 0.2) is 0 Å². The molecule has 0 aliphatic carbocycles. The van der Waals surface area contributed by atoms with Crippen molar-refractivity contribution in [2.45, 2.75) is 53.2 Å². The van der Waals surface area contributed by atoms with Gasteiger partial charge >= 0.3 is 11.9 Å². The summed E-state index contributed by atoms with van der Waals surface area (Å²) in [5.41, 5.74) is -0.597. The molecule has 0 spiro atoms. The molecular weight excluding hydrogens is 252 g/mol. The summed E-state index contributed by atoms with van der Waals surface area (Å²) in [6.45, 7) is 10.9. The Kier molecular flexibility index (Phi) is 7.33. The van der Waals surface area contributed by atoms with Gasteiger partial charge in [-0.3, -0.25) is 4.89 Å². The molecule has 0 saturated carbocycles. The maximum Gasteiger partial charge on any atom is 0.369 e. The summed E-state index contributed by atoms with van der Waals surface area (Å²) >= 11 is 0. The van der Waals surface area contributed by atoms with E-state index in [9.17, 15) is 9.59 Å². The number of carbonyl (C=O) groups excluding carboxylic acids is 2. The van der Waals surface area contributed by atoms with Gasteiger partial charge in [-0.25, -0.2) is 9.59 Å². The molecule has 0 bridgehead atoms. The largest absolute Gasteiger partial charge is 0.460 e. The molecule has 0 heterocycles. The van der Waals surface area contributed by atoms with E-state index in [2.05, 4.69) is 9.93 Å². The van der Waals surface area contributed by atoms with Crippen LogP contribution in [-0.2, 0) is 29.1 Å². The number of hydrogen-bond donors (Lipinski definition) is 0. The van der Waals surface area contributed by atoms with Gasteiger partial charge in [-0.2, -0.15) is 4.89 Å². The lowest BCUT2D eigenvalue weighted by molar-refractivity contribution is -0.519. The van der Waals surface area contributed by atoms with E-state index in [0.717, 1.165) is 12.2 Å². The van der Waals surface area contributed by atoms with Gasteiger partial charge in [0, 0.05) is 12.2 Å². The molecular formula is C13H22O6. The third kappa shape index (κ3) is 8.34. The summed E-state index contributed by atoms with van der Waals surface area (Å²) in [5, 5.41) is 4.38. The number of esters is 1. The summed E-state index contributed by atoms with van der Waals surface area (Å²) < 4.78 is 4.79. The molecule has 6 heteroatoms. The molecule has 0 aromatic carbocycles. The van der Waals surface area contributed by atoms with Crippen LogP contribution >= 0.6 is 0 Å². The summed E-state index contributed by atoms with van der Waals surface area (Å²) in [6, 6.07) is 0. The van der Waals surface area contributed by atoms with Crippen LogP contribution in [0.4, 0.5) is 0 Å². The molecule has 0 atom stereocenters. The first kappa shape index (κ1) is 17.6. The van der Waals surface area contributed by atoms with Gasteiger partial charge in [0.25, 0.3) is 0 Å². The first-order valence-corrected chi connectivity index (χ1v) is 6.10. The predicted octanol–water partition coefficient (Wildman–Crippen LogP) is 2.34. The number of ether oxygens (including phenoxy) is 1. The van der Waals surface area contributed by atoms with Gasteiger partial charge in [0.1, 0.15) is 5.60 Å². The number of hydrogen-bond acceptors (Lipinski definition) is 6. The first-order chi connectivity index (χ1) is 8.65. The number of carbonyl (C=O) groups is 2. The lowest BCUT2D eigenvalue weighted by atomic mass is 9.95. The average molecular weight is 274 g/mol. The lowest BCUT2D eigenvalue weighted by Crippen LogP contribution is -2.31. The highest BCUT2D eigenvalue weighted by Gasteiger charge is 2.25. The second-order valence-electron chi connectivity index (χ2n) is 5.13. The Bertz CT molecular complexity index is 330. The predicted molar refractivity (Wildman–Crippen MR) is 67.5 cm³/mol. The van der Waals surface area contributed by atoms with Crippen LogP contribution in [0.1, 0.15) is 41.5 Å². The molecule has 0 aliphatic rings. The van der Waals surface area contributed by atoms with Crippen LogP contribution in [0.15, 0.2) is 12.2 Å². The molecule has 19 heavy (non-hydrogen) atoms. The smallest absolute Gasteiger partial charge is 0.369 e. The minimum atomic E-state index is -0.861. The van der Waals surface area contributed by atoms with Crippen LogP contribution in [0, 0.1) is 5.92 Å². The molecule has 110 valence electrons. The van der Waals surface area contributed by atoms with E-state index in [4.69, 9.17) is 9.62 Å². The topological polar surface area (TPSA) is 71.1 Å². The fourth-order valence-corrected chi connectivity index (χ4v) is 0.670. The summed E-state index contributed by atoms with van der Waals surface area (Å²) in [7, 11) is 0. The lowest BCUT2D eigenvalue weighted by Gasteiger charge is -2.25. The Labute approximate surface area is 113 Å². The molecule has 0 aliphatic heterocycles. The van der Waals surface area contributed by atoms with Gasteiger partial charge < -0.3 is 4.74 Å². The van der Waals surface area contributed by atoms with Gasteiger partial charge in [-0.1, -0.05) is 13.8 Å². The fraction of sp³-hybridized carbons (Fsp3) is 0.692. The second kappa shape index (κ2) is 7.91. The normalized spacial score (nSPS) is 12.2. The van der Waals surface area contributed by atoms with Crippen molar-refractivity contribution < 1.29 is 29.1 Å². The van der Waals surface area contributed by atoms with Crippen molar-refractivity contribution in [3.63, 3.8) is 0 Å². The van der Waals surface area contributed by atoms with E-state index in [1.54, 1.807) is 27.7 Å². The SMILES string of the molecule is CC(C)OC(=O)C=CC(=O)OOOC(C)(C)C(C)C. The zero-order valence-corrected chi connectivity index (χ0v) is 12.3. The van der Waals surface area contributed by atoms with E-state index in [1.165, 1.54) is 0 Å². The van der Waals surface area contributed by atoms with Crippen molar-refractivity contribution in [3.8, 4) is 0 Å². The molecule has 0 aromatic heterocycles. The van der Waals surface area contributed by atoms with E-state index >= 15 is 0 Å². The summed E-state index contributed by atoms with van der Waals surface area (Å²) in [5.74, 6) is -1.32. The summed E-state index contributed by atoms with van der Waals surface area (Å²) in [4.78, 5) is 31.5. The minimum Gasteiger partial charge on any atom is -0.460 e. The molecule has 0 N–H and O–H groups in total. The number of rotatable bonds is 7. The fourth-order valence-electron chi connectivity index (χ4n) is 0.670. The van der Waals surface area contributed by atoms with E-state index in [-0.39, 0.29) is 12.0 Å². The van der Waals surface area contributed by atoms with Crippen molar-refractivity contribution in [1.82, 2.24) is 0 Å². The van der Waals surface area contributed by atoms with E-state index in [0.29, 0.717) is 0 Å². The van der Waals surface area contributed by atoms with Gasteiger partial charge in [-0.05, 0) is 38.7 Å². The Morgan fingerprint density at radius 2 is 1.53 bits per heavy atom. The van der Waals surface area contributed by atoms with Gasteiger partial charge in [0.2, 0.25) is 0 Å². The van der Waals surface area contributed by atoms with Crippen molar-refractivity contribution in [2.24, 2.45) is 5.92 Å².